The van der Waals surface area contributed by atoms with Gasteiger partial charge in [0, 0.05) is 24.8 Å². The van der Waals surface area contributed by atoms with E-state index in [2.05, 4.69) is 5.32 Å². The van der Waals surface area contributed by atoms with Crippen molar-refractivity contribution in [3.05, 3.63) is 33.8 Å². The van der Waals surface area contributed by atoms with Crippen LogP contribution in [0.15, 0.2) is 18.2 Å². The molecule has 2 rings (SSSR count). The number of halogens is 2. The van der Waals surface area contributed by atoms with Gasteiger partial charge >= 0.3 is 0 Å². The lowest BCUT2D eigenvalue weighted by molar-refractivity contribution is 0.0937. The van der Waals surface area contributed by atoms with E-state index in [-0.39, 0.29) is 5.91 Å². The predicted octanol–water partition coefficient (Wildman–Crippen LogP) is 3.54. The van der Waals surface area contributed by atoms with Gasteiger partial charge in [0.15, 0.2) is 0 Å². The Morgan fingerprint density at radius 3 is 2.84 bits per heavy atom. The summed E-state index contributed by atoms with van der Waals surface area (Å²) in [6.07, 6.45) is 3.40. The highest BCUT2D eigenvalue weighted by atomic mass is 35.5. The average molecular weight is 302 g/mol. The highest BCUT2D eigenvalue weighted by Crippen LogP contribution is 2.28. The van der Waals surface area contributed by atoms with E-state index in [9.17, 15) is 4.79 Å². The summed E-state index contributed by atoms with van der Waals surface area (Å²) in [4.78, 5) is 11.8. The molecule has 0 atom stereocenters. The van der Waals surface area contributed by atoms with E-state index in [1.54, 1.807) is 18.2 Å². The molecule has 0 heterocycles. The summed E-state index contributed by atoms with van der Waals surface area (Å²) in [6, 6.07) is 4.85. The molecule has 1 aliphatic carbocycles. The van der Waals surface area contributed by atoms with Crippen LogP contribution in [-0.4, -0.2) is 25.7 Å². The highest BCUT2D eigenvalue weighted by molar-refractivity contribution is 6.36. The van der Waals surface area contributed by atoms with E-state index in [4.69, 9.17) is 27.9 Å². The van der Waals surface area contributed by atoms with Gasteiger partial charge in [0.1, 0.15) is 0 Å². The topological polar surface area (TPSA) is 38.3 Å². The molecule has 0 radical (unpaired) electrons. The summed E-state index contributed by atoms with van der Waals surface area (Å²) in [5.74, 6) is 0.603. The summed E-state index contributed by atoms with van der Waals surface area (Å²) >= 11 is 11.7. The second-order valence-electron chi connectivity index (χ2n) is 4.75. The molecule has 5 heteroatoms. The van der Waals surface area contributed by atoms with Crippen LogP contribution in [0.4, 0.5) is 0 Å². The van der Waals surface area contributed by atoms with Crippen molar-refractivity contribution in [1.29, 1.82) is 0 Å². The minimum Gasteiger partial charge on any atom is -0.381 e. The van der Waals surface area contributed by atoms with Gasteiger partial charge in [0.2, 0.25) is 0 Å². The number of carbonyl (C=O) groups is 1. The minimum atomic E-state index is -0.177. The van der Waals surface area contributed by atoms with Crippen LogP contribution in [0.3, 0.4) is 0 Å². The van der Waals surface area contributed by atoms with Gasteiger partial charge in [-0.05, 0) is 43.4 Å². The Balaban J connectivity index is 1.65. The minimum absolute atomic E-state index is 0.177. The third-order valence-electron chi connectivity index (χ3n) is 2.98. The number of ether oxygens (including phenoxy) is 1. The number of hydrogen-bond donors (Lipinski definition) is 1. The van der Waals surface area contributed by atoms with Crippen molar-refractivity contribution in [2.24, 2.45) is 5.92 Å². The molecular weight excluding hydrogens is 285 g/mol. The maximum absolute atomic E-state index is 11.8. The Morgan fingerprint density at radius 2 is 2.16 bits per heavy atom. The Bertz CT molecular complexity index is 447. The summed E-state index contributed by atoms with van der Waals surface area (Å²) in [7, 11) is 0. The van der Waals surface area contributed by atoms with Crippen molar-refractivity contribution in [2.45, 2.75) is 19.3 Å². The van der Waals surface area contributed by atoms with Crippen molar-refractivity contribution in [1.82, 2.24) is 5.32 Å². The van der Waals surface area contributed by atoms with Crippen LogP contribution in [0.2, 0.25) is 10.0 Å². The van der Waals surface area contributed by atoms with Gasteiger partial charge in [-0.3, -0.25) is 4.79 Å². The number of rotatable bonds is 7. The molecule has 1 fully saturated rings. The van der Waals surface area contributed by atoms with Gasteiger partial charge in [-0.1, -0.05) is 23.2 Å². The molecule has 0 spiro atoms. The molecule has 0 bridgehead atoms. The Labute approximate surface area is 123 Å². The maximum atomic E-state index is 11.8. The largest absolute Gasteiger partial charge is 0.381 e. The zero-order valence-electron chi connectivity index (χ0n) is 10.6. The third-order valence-corrected chi connectivity index (χ3v) is 3.53. The lowest BCUT2D eigenvalue weighted by Crippen LogP contribution is -2.25. The first-order valence-corrected chi connectivity index (χ1v) is 7.23. The number of benzene rings is 1. The molecule has 1 aliphatic rings. The van der Waals surface area contributed by atoms with E-state index in [1.165, 1.54) is 12.8 Å². The van der Waals surface area contributed by atoms with Gasteiger partial charge in [0.05, 0.1) is 10.6 Å². The summed E-state index contributed by atoms with van der Waals surface area (Å²) < 4.78 is 5.49. The van der Waals surface area contributed by atoms with E-state index >= 15 is 0 Å². The van der Waals surface area contributed by atoms with Gasteiger partial charge in [-0.15, -0.1) is 0 Å². The van der Waals surface area contributed by atoms with E-state index < -0.39 is 0 Å². The fourth-order valence-electron chi connectivity index (χ4n) is 1.68. The first kappa shape index (κ1) is 14.6. The lowest BCUT2D eigenvalue weighted by atomic mass is 10.2. The van der Waals surface area contributed by atoms with E-state index in [1.807, 2.05) is 0 Å². The van der Waals surface area contributed by atoms with Crippen LogP contribution < -0.4 is 5.32 Å². The SMILES string of the molecule is O=C(NCCCOCC1CC1)c1ccc(Cl)cc1Cl. The van der Waals surface area contributed by atoms with Crippen LogP contribution in [-0.2, 0) is 4.74 Å². The van der Waals surface area contributed by atoms with Crippen LogP contribution in [0.1, 0.15) is 29.6 Å². The van der Waals surface area contributed by atoms with Gasteiger partial charge in [-0.2, -0.15) is 0 Å². The fourth-order valence-corrected chi connectivity index (χ4v) is 2.17. The molecule has 1 aromatic carbocycles. The molecule has 0 aliphatic heterocycles. The summed E-state index contributed by atoms with van der Waals surface area (Å²) in [6.45, 7) is 2.13. The molecule has 1 amide bonds. The van der Waals surface area contributed by atoms with Gasteiger partial charge in [-0.25, -0.2) is 0 Å². The molecule has 3 nitrogen and oxygen atoms in total. The molecule has 0 unspecified atom stereocenters. The zero-order chi connectivity index (χ0) is 13.7. The van der Waals surface area contributed by atoms with Gasteiger partial charge in [0.25, 0.3) is 5.91 Å². The first-order valence-electron chi connectivity index (χ1n) is 6.48. The zero-order valence-corrected chi connectivity index (χ0v) is 12.1. The molecule has 104 valence electrons. The first-order chi connectivity index (χ1) is 9.16. The van der Waals surface area contributed by atoms with Crippen molar-refractivity contribution in [3.63, 3.8) is 0 Å². The number of amides is 1. The maximum Gasteiger partial charge on any atom is 0.252 e. The number of carbonyl (C=O) groups excluding carboxylic acids is 1. The number of nitrogens with one attached hydrogen (secondary N) is 1. The standard InChI is InChI=1S/C14H17Cl2NO2/c15-11-4-5-12(13(16)8-11)14(18)17-6-1-7-19-9-10-2-3-10/h4-5,8,10H,1-3,6-7,9H2,(H,17,18). The molecule has 1 saturated carbocycles. The molecule has 0 saturated heterocycles. The summed E-state index contributed by atoms with van der Waals surface area (Å²) in [5, 5.41) is 3.71. The summed E-state index contributed by atoms with van der Waals surface area (Å²) in [5.41, 5.74) is 0.449. The van der Waals surface area contributed by atoms with Crippen molar-refractivity contribution in [2.75, 3.05) is 19.8 Å². The van der Waals surface area contributed by atoms with Crippen LogP contribution in [0.25, 0.3) is 0 Å². The second-order valence-corrected chi connectivity index (χ2v) is 5.60. The normalized spacial score (nSPS) is 14.4. The smallest absolute Gasteiger partial charge is 0.252 e. The molecule has 1 aromatic rings. The highest BCUT2D eigenvalue weighted by Gasteiger charge is 2.20. The second kappa shape index (κ2) is 7.13. The molecular formula is C14H17Cl2NO2. The van der Waals surface area contributed by atoms with E-state index in [0.29, 0.717) is 28.8 Å². The van der Waals surface area contributed by atoms with Crippen molar-refractivity contribution < 1.29 is 9.53 Å². The molecule has 0 aromatic heterocycles. The Kier molecular flexibility index (Phi) is 5.49. The lowest BCUT2D eigenvalue weighted by Gasteiger charge is -2.07. The predicted molar refractivity (Wildman–Crippen MR) is 77.0 cm³/mol. The van der Waals surface area contributed by atoms with Crippen LogP contribution >= 0.6 is 23.2 Å². The Hall–Kier alpha value is -0.770. The van der Waals surface area contributed by atoms with E-state index in [0.717, 1.165) is 18.9 Å². The fraction of sp³-hybridized carbons (Fsp3) is 0.500. The third kappa shape index (κ3) is 5.01. The van der Waals surface area contributed by atoms with Crippen molar-refractivity contribution in [3.8, 4) is 0 Å². The quantitative estimate of drug-likeness (QED) is 0.782. The van der Waals surface area contributed by atoms with Crippen molar-refractivity contribution >= 4 is 29.1 Å². The Morgan fingerprint density at radius 1 is 1.37 bits per heavy atom. The van der Waals surface area contributed by atoms with Crippen LogP contribution in [0.5, 0.6) is 0 Å². The van der Waals surface area contributed by atoms with Crippen LogP contribution in [0, 0.1) is 5.92 Å². The number of hydrogen-bond acceptors (Lipinski definition) is 2. The average Bonchev–Trinajstić information content (AvgIpc) is 3.17. The van der Waals surface area contributed by atoms with Gasteiger partial charge < -0.3 is 10.1 Å². The monoisotopic (exact) mass is 301 g/mol. The molecule has 19 heavy (non-hydrogen) atoms. The molecule has 1 N–H and O–H groups in total.